The molecule has 1 heterocycles. The number of carbonyl (C=O) groups excluding carboxylic acids is 1. The van der Waals surface area contributed by atoms with Crippen LogP contribution >= 0.6 is 0 Å². The topological polar surface area (TPSA) is 92.5 Å². The fraction of sp³-hybridized carbons (Fsp3) is 0.933. The molecule has 0 aromatic carbocycles. The lowest BCUT2D eigenvalue weighted by Crippen LogP contribution is -2.49. The van der Waals surface area contributed by atoms with Crippen LogP contribution in [-0.2, 0) is 14.8 Å². The molecule has 6 nitrogen and oxygen atoms in total. The van der Waals surface area contributed by atoms with Gasteiger partial charge in [-0.1, -0.05) is 6.42 Å². The summed E-state index contributed by atoms with van der Waals surface area (Å²) in [6.07, 6.45) is 8.77. The zero-order chi connectivity index (χ0) is 16.2. The summed E-state index contributed by atoms with van der Waals surface area (Å²) < 4.78 is 24.9. The molecule has 2 fully saturated rings. The van der Waals surface area contributed by atoms with E-state index >= 15 is 0 Å². The van der Waals surface area contributed by atoms with Crippen molar-refractivity contribution in [3.05, 3.63) is 0 Å². The van der Waals surface area contributed by atoms with Crippen molar-refractivity contribution in [3.63, 3.8) is 0 Å². The quantitative estimate of drug-likeness (QED) is 0.780. The monoisotopic (exact) mass is 331 g/mol. The minimum Gasteiger partial charge on any atom is -0.339 e. The summed E-state index contributed by atoms with van der Waals surface area (Å²) >= 11 is 0. The van der Waals surface area contributed by atoms with E-state index in [4.69, 9.17) is 5.73 Å². The van der Waals surface area contributed by atoms with Crippen LogP contribution in [0.3, 0.4) is 0 Å². The highest BCUT2D eigenvalue weighted by atomic mass is 32.2. The standard InChI is InChI=1S/C15H29N3O3S/c1-22(20,21)17-9-8-14-7-2-3-10-18(14)15(19)12-5-4-6-13(16)11-12/h12-14,17H,2-11,16H2,1H3. The predicted molar refractivity (Wildman–Crippen MR) is 86.7 cm³/mol. The van der Waals surface area contributed by atoms with Crippen LogP contribution in [0.5, 0.6) is 0 Å². The van der Waals surface area contributed by atoms with Crippen LogP contribution in [0.25, 0.3) is 0 Å². The minimum absolute atomic E-state index is 0.0622. The molecule has 0 aromatic heterocycles. The van der Waals surface area contributed by atoms with Gasteiger partial charge in [0.15, 0.2) is 0 Å². The van der Waals surface area contributed by atoms with Crippen molar-refractivity contribution in [2.45, 2.75) is 63.5 Å². The summed E-state index contributed by atoms with van der Waals surface area (Å²) in [6, 6.07) is 0.312. The molecule has 2 aliphatic rings. The number of nitrogens with two attached hydrogens (primary N) is 1. The first kappa shape index (κ1) is 17.7. The Labute approximate surface area is 133 Å². The average Bonchev–Trinajstić information content (AvgIpc) is 2.46. The number of hydrogen-bond acceptors (Lipinski definition) is 4. The van der Waals surface area contributed by atoms with Crippen LogP contribution in [-0.4, -0.2) is 50.7 Å². The molecule has 1 aliphatic carbocycles. The Morgan fingerprint density at radius 3 is 2.68 bits per heavy atom. The Balaban J connectivity index is 1.92. The number of nitrogens with zero attached hydrogens (tertiary/aromatic N) is 1. The molecule has 0 radical (unpaired) electrons. The Morgan fingerprint density at radius 2 is 2.00 bits per heavy atom. The van der Waals surface area contributed by atoms with Crippen LogP contribution in [0, 0.1) is 5.92 Å². The number of hydrogen-bond donors (Lipinski definition) is 2. The molecule has 1 aliphatic heterocycles. The number of rotatable bonds is 5. The summed E-state index contributed by atoms with van der Waals surface area (Å²) in [4.78, 5) is 14.8. The fourth-order valence-electron chi connectivity index (χ4n) is 3.69. The lowest BCUT2D eigenvalue weighted by atomic mass is 9.84. The molecule has 1 saturated carbocycles. The van der Waals surface area contributed by atoms with E-state index in [9.17, 15) is 13.2 Å². The van der Waals surface area contributed by atoms with Crippen molar-refractivity contribution in [2.75, 3.05) is 19.3 Å². The average molecular weight is 331 g/mol. The lowest BCUT2D eigenvalue weighted by Gasteiger charge is -2.39. The molecule has 0 aromatic rings. The molecule has 7 heteroatoms. The second kappa shape index (κ2) is 7.75. The molecule has 128 valence electrons. The van der Waals surface area contributed by atoms with Crippen LogP contribution in [0.4, 0.5) is 0 Å². The first-order valence-corrected chi connectivity index (χ1v) is 10.3. The van der Waals surface area contributed by atoms with Gasteiger partial charge in [0.05, 0.1) is 6.26 Å². The smallest absolute Gasteiger partial charge is 0.225 e. The highest BCUT2D eigenvalue weighted by Crippen LogP contribution is 2.28. The zero-order valence-electron chi connectivity index (χ0n) is 13.5. The lowest BCUT2D eigenvalue weighted by molar-refractivity contribution is -0.140. The Hall–Kier alpha value is -0.660. The normalized spacial score (nSPS) is 30.3. The Kier molecular flexibility index (Phi) is 6.23. The third-order valence-corrected chi connectivity index (χ3v) is 5.54. The maximum Gasteiger partial charge on any atom is 0.225 e. The van der Waals surface area contributed by atoms with E-state index in [1.807, 2.05) is 4.90 Å². The fourth-order valence-corrected chi connectivity index (χ4v) is 4.18. The molecule has 0 bridgehead atoms. The third kappa shape index (κ3) is 5.21. The maximum absolute atomic E-state index is 12.8. The molecule has 2 rings (SSSR count). The number of carbonyl (C=O) groups is 1. The van der Waals surface area contributed by atoms with Gasteiger partial charge in [0.1, 0.15) is 0 Å². The summed E-state index contributed by atoms with van der Waals surface area (Å²) in [7, 11) is -3.16. The summed E-state index contributed by atoms with van der Waals surface area (Å²) in [6.45, 7) is 1.20. The van der Waals surface area contributed by atoms with Crippen molar-refractivity contribution in [1.82, 2.24) is 9.62 Å². The third-order valence-electron chi connectivity index (χ3n) is 4.82. The molecule has 22 heavy (non-hydrogen) atoms. The van der Waals surface area contributed by atoms with Gasteiger partial charge >= 0.3 is 0 Å². The van der Waals surface area contributed by atoms with Gasteiger partial charge in [0.2, 0.25) is 15.9 Å². The molecule has 1 saturated heterocycles. The second-order valence-electron chi connectivity index (χ2n) is 6.76. The Morgan fingerprint density at radius 1 is 1.23 bits per heavy atom. The van der Waals surface area contributed by atoms with Gasteiger partial charge in [-0.2, -0.15) is 0 Å². The molecular formula is C15H29N3O3S. The minimum atomic E-state index is -3.16. The highest BCUT2D eigenvalue weighted by molar-refractivity contribution is 7.88. The van der Waals surface area contributed by atoms with E-state index in [-0.39, 0.29) is 23.9 Å². The molecule has 3 unspecified atom stereocenters. The molecule has 1 amide bonds. The van der Waals surface area contributed by atoms with Gasteiger partial charge in [0, 0.05) is 31.1 Å². The van der Waals surface area contributed by atoms with Crippen molar-refractivity contribution < 1.29 is 13.2 Å². The van der Waals surface area contributed by atoms with Gasteiger partial charge in [-0.05, 0) is 44.9 Å². The van der Waals surface area contributed by atoms with Gasteiger partial charge in [0.25, 0.3) is 0 Å². The van der Waals surface area contributed by atoms with Gasteiger partial charge in [-0.25, -0.2) is 13.1 Å². The largest absolute Gasteiger partial charge is 0.339 e. The van der Waals surface area contributed by atoms with E-state index in [1.165, 1.54) is 6.26 Å². The summed E-state index contributed by atoms with van der Waals surface area (Å²) in [5.41, 5.74) is 6.01. The Bertz CT molecular complexity index is 480. The van der Waals surface area contributed by atoms with Gasteiger partial charge in [-0.3, -0.25) is 4.79 Å². The van der Waals surface area contributed by atoms with Gasteiger partial charge < -0.3 is 10.6 Å². The van der Waals surface area contributed by atoms with E-state index in [0.29, 0.717) is 13.0 Å². The second-order valence-corrected chi connectivity index (χ2v) is 8.59. The van der Waals surface area contributed by atoms with Crippen LogP contribution in [0.1, 0.15) is 51.4 Å². The summed E-state index contributed by atoms with van der Waals surface area (Å²) in [5, 5.41) is 0. The van der Waals surface area contributed by atoms with Crippen molar-refractivity contribution >= 4 is 15.9 Å². The van der Waals surface area contributed by atoms with Gasteiger partial charge in [-0.15, -0.1) is 0 Å². The van der Waals surface area contributed by atoms with Crippen LogP contribution in [0.2, 0.25) is 0 Å². The first-order valence-electron chi connectivity index (χ1n) is 8.37. The van der Waals surface area contributed by atoms with Crippen LogP contribution in [0.15, 0.2) is 0 Å². The van der Waals surface area contributed by atoms with Crippen molar-refractivity contribution in [3.8, 4) is 0 Å². The highest BCUT2D eigenvalue weighted by Gasteiger charge is 2.33. The summed E-state index contributed by atoms with van der Waals surface area (Å²) in [5.74, 6) is 0.298. The first-order chi connectivity index (χ1) is 10.4. The van der Waals surface area contributed by atoms with E-state index in [2.05, 4.69) is 4.72 Å². The predicted octanol–water partition coefficient (Wildman–Crippen LogP) is 0.824. The van der Waals surface area contributed by atoms with Crippen molar-refractivity contribution in [1.29, 1.82) is 0 Å². The molecule has 3 atom stereocenters. The maximum atomic E-state index is 12.8. The SMILES string of the molecule is CS(=O)(=O)NCCC1CCCCN1C(=O)C1CCCC(N)C1. The van der Waals surface area contributed by atoms with Crippen molar-refractivity contribution in [2.24, 2.45) is 11.7 Å². The zero-order valence-corrected chi connectivity index (χ0v) is 14.3. The number of sulfonamides is 1. The number of nitrogens with one attached hydrogen (secondary N) is 1. The molecular weight excluding hydrogens is 302 g/mol. The number of likely N-dealkylation sites (tertiary alicyclic amines) is 1. The van der Waals surface area contributed by atoms with E-state index in [0.717, 1.165) is 51.5 Å². The number of amides is 1. The van der Waals surface area contributed by atoms with E-state index < -0.39 is 10.0 Å². The molecule has 3 N–H and O–H groups in total. The van der Waals surface area contributed by atoms with E-state index in [1.54, 1.807) is 0 Å². The van der Waals surface area contributed by atoms with Crippen LogP contribution < -0.4 is 10.5 Å². The molecule has 0 spiro atoms. The number of piperidine rings is 1.